The SMILES string of the molecule is O=C(NCC(=O)N1CCNCC1)c1ccc[nH]c1=O. The third-order valence-corrected chi connectivity index (χ3v) is 2.93. The van der Waals surface area contributed by atoms with E-state index in [1.165, 1.54) is 12.3 Å². The van der Waals surface area contributed by atoms with Crippen LogP contribution in [-0.2, 0) is 4.79 Å². The van der Waals surface area contributed by atoms with Crippen molar-refractivity contribution < 1.29 is 9.59 Å². The summed E-state index contributed by atoms with van der Waals surface area (Å²) in [6, 6.07) is 2.98. The molecule has 3 N–H and O–H groups in total. The molecule has 7 nitrogen and oxygen atoms in total. The number of nitrogens with one attached hydrogen (secondary N) is 3. The highest BCUT2D eigenvalue weighted by Crippen LogP contribution is 1.93. The van der Waals surface area contributed by atoms with Crippen molar-refractivity contribution in [2.24, 2.45) is 0 Å². The quantitative estimate of drug-likeness (QED) is 0.621. The van der Waals surface area contributed by atoms with Crippen LogP contribution in [-0.4, -0.2) is 54.4 Å². The van der Waals surface area contributed by atoms with E-state index in [9.17, 15) is 14.4 Å². The Hall–Kier alpha value is -2.15. The van der Waals surface area contributed by atoms with Crippen LogP contribution in [0.15, 0.2) is 23.1 Å². The van der Waals surface area contributed by atoms with E-state index in [4.69, 9.17) is 0 Å². The van der Waals surface area contributed by atoms with Gasteiger partial charge in [0.2, 0.25) is 5.91 Å². The van der Waals surface area contributed by atoms with E-state index in [0.717, 1.165) is 13.1 Å². The number of nitrogens with zero attached hydrogens (tertiary/aromatic N) is 1. The number of hydrogen-bond acceptors (Lipinski definition) is 4. The van der Waals surface area contributed by atoms with Gasteiger partial charge in [0.15, 0.2) is 0 Å². The minimum atomic E-state index is -0.537. The molecule has 1 fully saturated rings. The number of aromatic amines is 1. The van der Waals surface area contributed by atoms with Crippen molar-refractivity contribution in [3.8, 4) is 0 Å². The fourth-order valence-electron chi connectivity index (χ4n) is 1.88. The van der Waals surface area contributed by atoms with Gasteiger partial charge in [-0.15, -0.1) is 0 Å². The van der Waals surface area contributed by atoms with Crippen molar-refractivity contribution >= 4 is 11.8 Å². The first kappa shape index (κ1) is 13.3. The van der Waals surface area contributed by atoms with E-state index < -0.39 is 11.5 Å². The monoisotopic (exact) mass is 264 g/mol. The zero-order valence-corrected chi connectivity index (χ0v) is 10.4. The molecule has 0 atom stereocenters. The number of H-pyrrole nitrogens is 1. The van der Waals surface area contributed by atoms with Gasteiger partial charge >= 0.3 is 0 Å². The van der Waals surface area contributed by atoms with Crippen molar-refractivity contribution in [1.82, 2.24) is 20.5 Å². The van der Waals surface area contributed by atoms with Crippen LogP contribution in [0.1, 0.15) is 10.4 Å². The highest BCUT2D eigenvalue weighted by molar-refractivity contribution is 5.96. The largest absolute Gasteiger partial charge is 0.343 e. The predicted octanol–water partition coefficient (Wildman–Crippen LogP) is -1.46. The molecule has 1 saturated heterocycles. The molecule has 0 aliphatic carbocycles. The maximum atomic E-state index is 11.8. The Morgan fingerprint density at radius 2 is 2.05 bits per heavy atom. The molecule has 0 bridgehead atoms. The van der Waals surface area contributed by atoms with Gasteiger partial charge in [-0.3, -0.25) is 14.4 Å². The average molecular weight is 264 g/mol. The predicted molar refractivity (Wildman–Crippen MR) is 68.8 cm³/mol. The van der Waals surface area contributed by atoms with Crippen molar-refractivity contribution in [2.75, 3.05) is 32.7 Å². The van der Waals surface area contributed by atoms with Gasteiger partial charge in [0.25, 0.3) is 11.5 Å². The Bertz CT molecular complexity index is 520. The van der Waals surface area contributed by atoms with E-state index >= 15 is 0 Å². The molecule has 0 spiro atoms. The minimum Gasteiger partial charge on any atom is -0.343 e. The summed E-state index contributed by atoms with van der Waals surface area (Å²) in [5, 5.41) is 5.61. The molecule has 19 heavy (non-hydrogen) atoms. The molecule has 0 aromatic carbocycles. The van der Waals surface area contributed by atoms with Gasteiger partial charge in [-0.05, 0) is 12.1 Å². The van der Waals surface area contributed by atoms with Crippen LogP contribution in [0.4, 0.5) is 0 Å². The van der Waals surface area contributed by atoms with Gasteiger partial charge in [-0.2, -0.15) is 0 Å². The van der Waals surface area contributed by atoms with Crippen LogP contribution >= 0.6 is 0 Å². The van der Waals surface area contributed by atoms with Crippen LogP contribution in [0.3, 0.4) is 0 Å². The van der Waals surface area contributed by atoms with Crippen LogP contribution in [0.5, 0.6) is 0 Å². The number of piperazine rings is 1. The molecule has 1 aliphatic rings. The first-order valence-electron chi connectivity index (χ1n) is 6.13. The number of pyridine rings is 1. The zero-order valence-electron chi connectivity index (χ0n) is 10.4. The van der Waals surface area contributed by atoms with E-state index in [2.05, 4.69) is 15.6 Å². The molecule has 2 rings (SSSR count). The molecular formula is C12H16N4O3. The number of aromatic nitrogens is 1. The molecule has 0 saturated carbocycles. The van der Waals surface area contributed by atoms with Gasteiger partial charge in [0.05, 0.1) is 6.54 Å². The summed E-state index contributed by atoms with van der Waals surface area (Å²) in [6.45, 7) is 2.71. The Balaban J connectivity index is 1.88. The lowest BCUT2D eigenvalue weighted by Gasteiger charge is -2.27. The smallest absolute Gasteiger partial charge is 0.260 e. The fourth-order valence-corrected chi connectivity index (χ4v) is 1.88. The Morgan fingerprint density at radius 3 is 2.74 bits per heavy atom. The summed E-state index contributed by atoms with van der Waals surface area (Å²) in [6.07, 6.45) is 1.45. The van der Waals surface area contributed by atoms with Gasteiger partial charge in [-0.1, -0.05) is 0 Å². The van der Waals surface area contributed by atoms with Crippen molar-refractivity contribution in [3.63, 3.8) is 0 Å². The van der Waals surface area contributed by atoms with Crippen LogP contribution in [0.2, 0.25) is 0 Å². The van der Waals surface area contributed by atoms with Crippen molar-refractivity contribution in [3.05, 3.63) is 34.2 Å². The number of carbonyl (C=O) groups is 2. The van der Waals surface area contributed by atoms with Crippen LogP contribution < -0.4 is 16.2 Å². The van der Waals surface area contributed by atoms with Gasteiger partial charge in [0.1, 0.15) is 5.56 Å². The van der Waals surface area contributed by atoms with E-state index in [0.29, 0.717) is 13.1 Å². The summed E-state index contributed by atoms with van der Waals surface area (Å²) in [5.74, 6) is -0.674. The number of hydrogen-bond donors (Lipinski definition) is 3. The van der Waals surface area contributed by atoms with E-state index in [-0.39, 0.29) is 18.0 Å². The average Bonchev–Trinajstić information content (AvgIpc) is 2.46. The minimum absolute atomic E-state index is 0.00982. The second-order valence-corrected chi connectivity index (χ2v) is 4.23. The van der Waals surface area contributed by atoms with Crippen LogP contribution in [0.25, 0.3) is 0 Å². The van der Waals surface area contributed by atoms with Gasteiger partial charge < -0.3 is 20.5 Å². The maximum absolute atomic E-state index is 11.8. The molecule has 2 amide bonds. The lowest BCUT2D eigenvalue weighted by molar-refractivity contribution is -0.130. The summed E-state index contributed by atoms with van der Waals surface area (Å²) >= 11 is 0. The third kappa shape index (κ3) is 3.41. The maximum Gasteiger partial charge on any atom is 0.260 e. The van der Waals surface area contributed by atoms with Gasteiger partial charge in [-0.25, -0.2) is 0 Å². The summed E-state index contributed by atoms with van der Waals surface area (Å²) in [5.41, 5.74) is -0.453. The molecule has 2 heterocycles. The second-order valence-electron chi connectivity index (χ2n) is 4.23. The second kappa shape index (κ2) is 6.14. The first-order valence-corrected chi connectivity index (χ1v) is 6.13. The molecular weight excluding hydrogens is 248 g/mol. The van der Waals surface area contributed by atoms with E-state index in [1.807, 2.05) is 0 Å². The molecule has 1 aromatic heterocycles. The molecule has 1 aliphatic heterocycles. The Morgan fingerprint density at radius 1 is 1.32 bits per heavy atom. The summed E-state index contributed by atoms with van der Waals surface area (Å²) < 4.78 is 0. The highest BCUT2D eigenvalue weighted by Gasteiger charge is 2.17. The van der Waals surface area contributed by atoms with Crippen molar-refractivity contribution in [2.45, 2.75) is 0 Å². The topological polar surface area (TPSA) is 94.3 Å². The molecule has 1 aromatic rings. The Labute approximate surface area is 110 Å². The summed E-state index contributed by atoms with van der Waals surface area (Å²) in [7, 11) is 0. The molecule has 0 radical (unpaired) electrons. The lowest BCUT2D eigenvalue weighted by Crippen LogP contribution is -2.49. The number of rotatable bonds is 3. The van der Waals surface area contributed by atoms with E-state index in [1.54, 1.807) is 11.0 Å². The molecule has 0 unspecified atom stereocenters. The molecule has 102 valence electrons. The third-order valence-electron chi connectivity index (χ3n) is 2.93. The highest BCUT2D eigenvalue weighted by atomic mass is 16.2. The number of amides is 2. The Kier molecular flexibility index (Phi) is 4.30. The fraction of sp³-hybridized carbons (Fsp3) is 0.417. The molecule has 7 heteroatoms. The normalized spacial score (nSPS) is 15.1. The van der Waals surface area contributed by atoms with Gasteiger partial charge in [0, 0.05) is 32.4 Å². The standard InChI is InChI=1S/C12H16N4O3/c17-10(16-6-4-13-5-7-16)8-15-12(19)9-2-1-3-14-11(9)18/h1-3,13H,4-8H2,(H,14,18)(H,15,19). The number of carbonyl (C=O) groups excluding carboxylic acids is 2. The van der Waals surface area contributed by atoms with Crippen LogP contribution in [0, 0.1) is 0 Å². The lowest BCUT2D eigenvalue weighted by atomic mass is 10.2. The summed E-state index contributed by atoms with van der Waals surface area (Å²) in [4.78, 5) is 39.0. The van der Waals surface area contributed by atoms with Crippen molar-refractivity contribution in [1.29, 1.82) is 0 Å². The zero-order chi connectivity index (χ0) is 13.7. The first-order chi connectivity index (χ1) is 9.18.